The van der Waals surface area contributed by atoms with Crippen molar-refractivity contribution in [2.75, 3.05) is 20.3 Å². The maximum atomic E-state index is 12.1. The summed E-state index contributed by atoms with van der Waals surface area (Å²) in [4.78, 5) is 22.6. The summed E-state index contributed by atoms with van der Waals surface area (Å²) in [6.45, 7) is 4.00. The number of carbonyl (C=O) groups is 1. The molecule has 1 rings (SSSR count). The molecule has 1 amide bonds. The first-order valence-corrected chi connectivity index (χ1v) is 6.44. The third-order valence-corrected chi connectivity index (χ3v) is 2.75. The molecule has 21 heavy (non-hydrogen) atoms. The molecular weight excluding hydrogens is 278 g/mol. The molecule has 0 spiro atoms. The zero-order chi connectivity index (χ0) is 16.0. The van der Waals surface area contributed by atoms with Gasteiger partial charge in [-0.3, -0.25) is 14.9 Å². The van der Waals surface area contributed by atoms with Crippen molar-refractivity contribution in [3.05, 3.63) is 27.8 Å². The van der Waals surface area contributed by atoms with Crippen molar-refractivity contribution in [3.63, 3.8) is 0 Å². The van der Waals surface area contributed by atoms with Crippen molar-refractivity contribution >= 4 is 11.6 Å². The van der Waals surface area contributed by atoms with Gasteiger partial charge in [-0.05, 0) is 13.8 Å². The standard InChI is InChI=1S/C13H19N3O5/c1-4-21-12-6-10(16(18)19)9(5-11(12)20-3)13(17)15-8(2)7-14/h5-6,8H,4,7,14H2,1-3H3,(H,15,17)/t8-/m0/s1. The number of hydrogen-bond donors (Lipinski definition) is 2. The summed E-state index contributed by atoms with van der Waals surface area (Å²) in [5.74, 6) is -0.107. The third-order valence-electron chi connectivity index (χ3n) is 2.75. The van der Waals surface area contributed by atoms with Crippen LogP contribution in [0.5, 0.6) is 11.5 Å². The van der Waals surface area contributed by atoms with E-state index in [-0.39, 0.29) is 35.3 Å². The molecule has 3 N–H and O–H groups in total. The number of benzene rings is 1. The van der Waals surface area contributed by atoms with Crippen LogP contribution in [0, 0.1) is 10.1 Å². The molecule has 0 radical (unpaired) electrons. The summed E-state index contributed by atoms with van der Waals surface area (Å²) in [7, 11) is 1.40. The third kappa shape index (κ3) is 4.06. The van der Waals surface area contributed by atoms with Crippen molar-refractivity contribution in [3.8, 4) is 11.5 Å². The van der Waals surface area contributed by atoms with E-state index in [4.69, 9.17) is 15.2 Å². The van der Waals surface area contributed by atoms with E-state index in [0.29, 0.717) is 6.61 Å². The van der Waals surface area contributed by atoms with Gasteiger partial charge in [-0.25, -0.2) is 0 Å². The highest BCUT2D eigenvalue weighted by atomic mass is 16.6. The van der Waals surface area contributed by atoms with E-state index < -0.39 is 10.8 Å². The van der Waals surface area contributed by atoms with Gasteiger partial charge in [-0.1, -0.05) is 0 Å². The molecule has 0 saturated carbocycles. The first kappa shape index (κ1) is 16.7. The van der Waals surface area contributed by atoms with Crippen molar-refractivity contribution in [1.29, 1.82) is 0 Å². The Bertz CT molecular complexity index is 533. The molecule has 8 heteroatoms. The topological polar surface area (TPSA) is 117 Å². The fraction of sp³-hybridized carbons (Fsp3) is 0.462. The molecule has 0 aromatic heterocycles. The van der Waals surface area contributed by atoms with Gasteiger partial charge in [0.1, 0.15) is 5.56 Å². The second kappa shape index (κ2) is 7.44. The highest BCUT2D eigenvalue weighted by Gasteiger charge is 2.25. The Hall–Kier alpha value is -2.35. The number of nitrogens with one attached hydrogen (secondary N) is 1. The molecule has 1 aromatic carbocycles. The van der Waals surface area contributed by atoms with Crippen LogP contribution in [0.1, 0.15) is 24.2 Å². The Labute approximate surface area is 122 Å². The van der Waals surface area contributed by atoms with Gasteiger partial charge < -0.3 is 20.5 Å². The molecule has 8 nitrogen and oxygen atoms in total. The first-order chi connectivity index (χ1) is 9.94. The molecule has 116 valence electrons. The van der Waals surface area contributed by atoms with Gasteiger partial charge in [0, 0.05) is 18.7 Å². The molecule has 1 aromatic rings. The number of nitro benzene ring substituents is 1. The molecule has 0 saturated heterocycles. The Morgan fingerprint density at radius 3 is 2.62 bits per heavy atom. The number of nitrogens with two attached hydrogens (primary N) is 1. The lowest BCUT2D eigenvalue weighted by Gasteiger charge is -2.14. The second-order valence-corrected chi connectivity index (χ2v) is 4.32. The molecule has 1 atom stereocenters. The predicted molar refractivity (Wildman–Crippen MR) is 76.8 cm³/mol. The van der Waals surface area contributed by atoms with Gasteiger partial charge in [0.05, 0.1) is 24.7 Å². The van der Waals surface area contributed by atoms with Crippen molar-refractivity contribution in [1.82, 2.24) is 5.32 Å². The van der Waals surface area contributed by atoms with Gasteiger partial charge in [0.2, 0.25) is 0 Å². The van der Waals surface area contributed by atoms with Crippen molar-refractivity contribution in [2.24, 2.45) is 5.73 Å². The maximum absolute atomic E-state index is 12.1. The van der Waals surface area contributed by atoms with Gasteiger partial charge in [-0.2, -0.15) is 0 Å². The van der Waals surface area contributed by atoms with Crippen molar-refractivity contribution in [2.45, 2.75) is 19.9 Å². The fourth-order valence-electron chi connectivity index (χ4n) is 1.67. The largest absolute Gasteiger partial charge is 0.493 e. The average Bonchev–Trinajstić information content (AvgIpc) is 2.46. The number of amides is 1. The quantitative estimate of drug-likeness (QED) is 0.574. The summed E-state index contributed by atoms with van der Waals surface area (Å²) in [5, 5.41) is 13.7. The van der Waals surface area contributed by atoms with Gasteiger partial charge in [-0.15, -0.1) is 0 Å². The number of ether oxygens (including phenoxy) is 2. The van der Waals surface area contributed by atoms with Gasteiger partial charge in [0.25, 0.3) is 11.6 Å². The summed E-state index contributed by atoms with van der Waals surface area (Å²) in [6, 6.07) is 2.18. The maximum Gasteiger partial charge on any atom is 0.286 e. The Morgan fingerprint density at radius 2 is 2.14 bits per heavy atom. The van der Waals surface area contributed by atoms with Crippen LogP contribution in [-0.2, 0) is 0 Å². The molecule has 0 aliphatic rings. The lowest BCUT2D eigenvalue weighted by atomic mass is 10.1. The molecule has 0 unspecified atom stereocenters. The van der Waals surface area contributed by atoms with Crippen LogP contribution in [0.25, 0.3) is 0 Å². The van der Waals surface area contributed by atoms with Gasteiger partial charge in [0.15, 0.2) is 11.5 Å². The van der Waals surface area contributed by atoms with Gasteiger partial charge >= 0.3 is 0 Å². The monoisotopic (exact) mass is 297 g/mol. The first-order valence-electron chi connectivity index (χ1n) is 6.44. The Kier molecular flexibility index (Phi) is 5.92. The lowest BCUT2D eigenvalue weighted by molar-refractivity contribution is -0.385. The number of nitro groups is 1. The molecule has 0 bridgehead atoms. The lowest BCUT2D eigenvalue weighted by Crippen LogP contribution is -2.38. The highest BCUT2D eigenvalue weighted by Crippen LogP contribution is 2.34. The summed E-state index contributed by atoms with van der Waals surface area (Å²) in [5.41, 5.74) is 4.98. The number of carbonyl (C=O) groups excluding carboxylic acids is 1. The fourth-order valence-corrected chi connectivity index (χ4v) is 1.67. The van der Waals surface area contributed by atoms with E-state index in [2.05, 4.69) is 5.32 Å². The summed E-state index contributed by atoms with van der Waals surface area (Å²) < 4.78 is 10.4. The van der Waals surface area contributed by atoms with Crippen LogP contribution in [0.4, 0.5) is 5.69 Å². The smallest absolute Gasteiger partial charge is 0.286 e. The van der Waals surface area contributed by atoms with Crippen molar-refractivity contribution < 1.29 is 19.2 Å². The van der Waals surface area contributed by atoms with Crippen LogP contribution in [0.15, 0.2) is 12.1 Å². The highest BCUT2D eigenvalue weighted by molar-refractivity contribution is 5.99. The average molecular weight is 297 g/mol. The minimum absolute atomic E-state index is 0.0967. The molecular formula is C13H19N3O5. The normalized spacial score (nSPS) is 11.6. The second-order valence-electron chi connectivity index (χ2n) is 4.32. The SMILES string of the molecule is CCOc1cc([N+](=O)[O-])c(C(=O)N[C@@H](C)CN)cc1OC. The zero-order valence-electron chi connectivity index (χ0n) is 12.2. The van der Waals surface area contributed by atoms with Crippen LogP contribution in [0.2, 0.25) is 0 Å². The Balaban J connectivity index is 3.28. The summed E-state index contributed by atoms with van der Waals surface area (Å²) in [6.07, 6.45) is 0. The van der Waals surface area contributed by atoms with E-state index in [1.54, 1.807) is 13.8 Å². The Morgan fingerprint density at radius 1 is 1.48 bits per heavy atom. The molecule has 0 fully saturated rings. The molecule has 0 aliphatic heterocycles. The van der Waals surface area contributed by atoms with Crippen LogP contribution in [-0.4, -0.2) is 37.1 Å². The van der Waals surface area contributed by atoms with Crippen LogP contribution >= 0.6 is 0 Å². The van der Waals surface area contributed by atoms with Crippen LogP contribution in [0.3, 0.4) is 0 Å². The number of methoxy groups -OCH3 is 1. The zero-order valence-corrected chi connectivity index (χ0v) is 12.2. The number of nitrogens with zero attached hydrogens (tertiary/aromatic N) is 1. The van der Waals surface area contributed by atoms with E-state index in [0.717, 1.165) is 0 Å². The van der Waals surface area contributed by atoms with E-state index in [9.17, 15) is 14.9 Å². The summed E-state index contributed by atoms with van der Waals surface area (Å²) >= 11 is 0. The molecule has 0 heterocycles. The number of rotatable bonds is 7. The van der Waals surface area contributed by atoms with E-state index in [1.807, 2.05) is 0 Å². The van der Waals surface area contributed by atoms with Crippen LogP contribution < -0.4 is 20.5 Å². The minimum Gasteiger partial charge on any atom is -0.493 e. The van der Waals surface area contributed by atoms with E-state index >= 15 is 0 Å². The number of hydrogen-bond acceptors (Lipinski definition) is 6. The molecule has 0 aliphatic carbocycles. The van der Waals surface area contributed by atoms with E-state index in [1.165, 1.54) is 19.2 Å². The predicted octanol–water partition coefficient (Wildman–Crippen LogP) is 1.08. The minimum atomic E-state index is -0.635.